The summed E-state index contributed by atoms with van der Waals surface area (Å²) in [6, 6.07) is 12.7. The van der Waals surface area contributed by atoms with E-state index in [9.17, 15) is 23.2 Å². The second-order valence-corrected chi connectivity index (χ2v) is 8.66. The molecule has 0 saturated carbocycles. The summed E-state index contributed by atoms with van der Waals surface area (Å²) in [5.74, 6) is -2.32. The largest absolute Gasteiger partial charge is 0.461 e. The molecule has 3 heterocycles. The average molecular weight is 536 g/mol. The lowest BCUT2D eigenvalue weighted by Crippen LogP contribution is -2.28. The zero-order chi connectivity index (χ0) is 27.7. The average Bonchev–Trinajstić information content (AvgIpc) is 3.43. The predicted octanol–water partition coefficient (Wildman–Crippen LogP) is 2.87. The highest BCUT2D eigenvalue weighted by atomic mass is 19.1. The van der Waals surface area contributed by atoms with E-state index in [1.54, 1.807) is 49.5 Å². The molecular weight excluding hydrogens is 514 g/mol. The summed E-state index contributed by atoms with van der Waals surface area (Å²) in [5, 5.41) is 9.22. The van der Waals surface area contributed by atoms with Gasteiger partial charge >= 0.3 is 5.76 Å². The Labute approximate surface area is 219 Å². The van der Waals surface area contributed by atoms with Crippen molar-refractivity contribution in [3.05, 3.63) is 93.6 Å². The van der Waals surface area contributed by atoms with Crippen molar-refractivity contribution in [1.29, 1.82) is 0 Å². The standard InChI is InChI=1S/C26H22F2N6O5/c1-14(27)38-17-5-3-4-15(8-17)11-30-25(36)21-10-19(32-23-18(28)13-31-34(21)23)24(35)29-12-16-6-7-22-20(9-16)33(2)26(37)39-22/h3-10,13-14H,11-12H2,1-2H3,(H,29,35)(H,30,36). The molecule has 0 aliphatic carbocycles. The van der Waals surface area contributed by atoms with Gasteiger partial charge in [0.15, 0.2) is 17.0 Å². The normalized spacial score (nSPS) is 12.0. The fourth-order valence-electron chi connectivity index (χ4n) is 3.96. The van der Waals surface area contributed by atoms with Gasteiger partial charge in [-0.15, -0.1) is 0 Å². The number of halogens is 2. The van der Waals surface area contributed by atoms with Crippen molar-refractivity contribution in [2.45, 2.75) is 26.4 Å². The van der Waals surface area contributed by atoms with Gasteiger partial charge < -0.3 is 19.8 Å². The molecule has 0 saturated heterocycles. The quantitative estimate of drug-likeness (QED) is 0.312. The number of nitrogens with one attached hydrogen (secondary N) is 2. The first kappa shape index (κ1) is 25.6. The van der Waals surface area contributed by atoms with Gasteiger partial charge in [-0.25, -0.2) is 23.1 Å². The van der Waals surface area contributed by atoms with Gasteiger partial charge in [0.25, 0.3) is 11.8 Å². The third kappa shape index (κ3) is 5.32. The van der Waals surface area contributed by atoms with Crippen molar-refractivity contribution in [2.75, 3.05) is 0 Å². The summed E-state index contributed by atoms with van der Waals surface area (Å²) in [6.45, 7) is 1.37. The monoisotopic (exact) mass is 536 g/mol. The van der Waals surface area contributed by atoms with Gasteiger partial charge in [-0.1, -0.05) is 18.2 Å². The second kappa shape index (κ2) is 10.4. The van der Waals surface area contributed by atoms with E-state index in [0.29, 0.717) is 28.0 Å². The summed E-state index contributed by atoms with van der Waals surface area (Å²) in [4.78, 5) is 41.7. The van der Waals surface area contributed by atoms with Gasteiger partial charge in [-0.2, -0.15) is 5.10 Å². The number of oxazole rings is 1. The lowest BCUT2D eigenvalue weighted by Gasteiger charge is -2.11. The molecule has 0 bridgehead atoms. The van der Waals surface area contributed by atoms with Crippen molar-refractivity contribution in [3.8, 4) is 5.75 Å². The summed E-state index contributed by atoms with van der Waals surface area (Å²) in [6.07, 6.45) is -0.606. The number of hydrogen-bond donors (Lipinski definition) is 2. The van der Waals surface area contributed by atoms with E-state index in [-0.39, 0.29) is 30.1 Å². The summed E-state index contributed by atoms with van der Waals surface area (Å²) in [7, 11) is 1.57. The van der Waals surface area contributed by atoms with Crippen LogP contribution in [0.3, 0.4) is 0 Å². The van der Waals surface area contributed by atoms with E-state index < -0.39 is 29.7 Å². The van der Waals surface area contributed by atoms with E-state index in [2.05, 4.69) is 20.7 Å². The minimum absolute atomic E-state index is 0.0464. The molecule has 5 aromatic rings. The number of fused-ring (bicyclic) bond motifs is 2. The maximum Gasteiger partial charge on any atom is 0.419 e. The van der Waals surface area contributed by atoms with Crippen molar-refractivity contribution >= 4 is 28.6 Å². The van der Waals surface area contributed by atoms with Crippen molar-refractivity contribution in [2.24, 2.45) is 7.05 Å². The molecule has 0 radical (unpaired) electrons. The van der Waals surface area contributed by atoms with Crippen LogP contribution in [0.25, 0.3) is 16.7 Å². The molecule has 0 spiro atoms. The minimum atomic E-state index is -1.50. The zero-order valence-electron chi connectivity index (χ0n) is 20.8. The molecule has 2 N–H and O–H groups in total. The lowest BCUT2D eigenvalue weighted by molar-refractivity contribution is 0.0857. The topological polar surface area (TPSA) is 133 Å². The number of nitrogens with zero attached hydrogens (tertiary/aromatic N) is 4. The molecular formula is C26H22F2N6O5. The smallest absolute Gasteiger partial charge is 0.419 e. The first-order chi connectivity index (χ1) is 18.7. The van der Waals surface area contributed by atoms with Crippen LogP contribution in [0, 0.1) is 5.82 Å². The molecule has 0 fully saturated rings. The highest BCUT2D eigenvalue weighted by molar-refractivity contribution is 5.98. The highest BCUT2D eigenvalue weighted by Gasteiger charge is 2.20. The molecule has 200 valence electrons. The number of ether oxygens (including phenoxy) is 1. The Morgan fingerprint density at radius 2 is 1.82 bits per heavy atom. The summed E-state index contributed by atoms with van der Waals surface area (Å²) in [5.41, 5.74) is 1.66. The number of aromatic nitrogens is 4. The minimum Gasteiger partial charge on any atom is -0.461 e. The number of hydrogen-bond acceptors (Lipinski definition) is 7. The zero-order valence-corrected chi connectivity index (χ0v) is 20.8. The number of amides is 2. The van der Waals surface area contributed by atoms with Gasteiger partial charge in [0.1, 0.15) is 17.1 Å². The number of rotatable bonds is 8. The number of alkyl halides is 1. The number of benzene rings is 2. The van der Waals surface area contributed by atoms with Crippen LogP contribution in [0.4, 0.5) is 8.78 Å². The third-order valence-electron chi connectivity index (χ3n) is 5.85. The van der Waals surface area contributed by atoms with Gasteiger partial charge in [0, 0.05) is 33.1 Å². The van der Waals surface area contributed by atoms with Crippen LogP contribution in [-0.2, 0) is 20.1 Å². The van der Waals surface area contributed by atoms with Crippen LogP contribution in [0.5, 0.6) is 5.75 Å². The van der Waals surface area contributed by atoms with E-state index in [4.69, 9.17) is 9.15 Å². The fraction of sp³-hybridized carbons (Fsp3) is 0.192. The van der Waals surface area contributed by atoms with Crippen molar-refractivity contribution < 1.29 is 27.5 Å². The molecule has 0 aliphatic heterocycles. The molecule has 2 aromatic carbocycles. The molecule has 2 amide bonds. The summed E-state index contributed by atoms with van der Waals surface area (Å²) < 4.78 is 40.0. The second-order valence-electron chi connectivity index (χ2n) is 8.66. The molecule has 3 aromatic heterocycles. The SMILES string of the molecule is CC(F)Oc1cccc(CNC(=O)c2cc(C(=O)NCc3ccc4oc(=O)n(C)c4c3)nc3c(F)cnn23)c1. The van der Waals surface area contributed by atoms with Gasteiger partial charge in [-0.05, 0) is 35.4 Å². The molecule has 39 heavy (non-hydrogen) atoms. The van der Waals surface area contributed by atoms with Crippen LogP contribution >= 0.6 is 0 Å². The van der Waals surface area contributed by atoms with Gasteiger partial charge in [0.05, 0.1) is 11.7 Å². The van der Waals surface area contributed by atoms with Gasteiger partial charge in [0.2, 0.25) is 6.36 Å². The molecule has 11 nitrogen and oxygen atoms in total. The van der Waals surface area contributed by atoms with Crippen LogP contribution in [-0.4, -0.2) is 37.3 Å². The first-order valence-electron chi connectivity index (χ1n) is 11.8. The van der Waals surface area contributed by atoms with E-state index in [1.165, 1.54) is 17.6 Å². The Balaban J connectivity index is 1.34. The van der Waals surface area contributed by atoms with Crippen LogP contribution < -0.4 is 21.1 Å². The Hall–Kier alpha value is -5.07. The van der Waals surface area contributed by atoms with Crippen LogP contribution in [0.15, 0.2) is 63.9 Å². The number of aryl methyl sites for hydroxylation is 1. The molecule has 1 unspecified atom stereocenters. The maximum absolute atomic E-state index is 14.4. The van der Waals surface area contributed by atoms with Crippen molar-refractivity contribution in [1.82, 2.24) is 29.8 Å². The van der Waals surface area contributed by atoms with E-state index in [1.807, 2.05) is 0 Å². The molecule has 5 rings (SSSR count). The fourth-order valence-corrected chi connectivity index (χ4v) is 3.96. The molecule has 1 atom stereocenters. The van der Waals surface area contributed by atoms with Crippen LogP contribution in [0.2, 0.25) is 0 Å². The predicted molar refractivity (Wildman–Crippen MR) is 134 cm³/mol. The Bertz CT molecular complexity index is 1770. The Morgan fingerprint density at radius 3 is 2.59 bits per heavy atom. The number of carbonyl (C=O) groups excluding carboxylic acids is 2. The van der Waals surface area contributed by atoms with E-state index >= 15 is 0 Å². The van der Waals surface area contributed by atoms with Crippen molar-refractivity contribution in [3.63, 3.8) is 0 Å². The Kier molecular flexibility index (Phi) is 6.79. The van der Waals surface area contributed by atoms with E-state index in [0.717, 1.165) is 10.7 Å². The number of carbonyl (C=O) groups is 2. The summed E-state index contributed by atoms with van der Waals surface area (Å²) >= 11 is 0. The van der Waals surface area contributed by atoms with Gasteiger partial charge in [-0.3, -0.25) is 14.2 Å². The van der Waals surface area contributed by atoms with Crippen LogP contribution in [0.1, 0.15) is 39.0 Å². The highest BCUT2D eigenvalue weighted by Crippen LogP contribution is 2.17. The lowest BCUT2D eigenvalue weighted by atomic mass is 10.2. The molecule has 13 heteroatoms. The maximum atomic E-state index is 14.4. The Morgan fingerprint density at radius 1 is 1.08 bits per heavy atom. The third-order valence-corrected chi connectivity index (χ3v) is 5.85. The first-order valence-corrected chi connectivity index (χ1v) is 11.8. The molecule has 0 aliphatic rings.